The van der Waals surface area contributed by atoms with Crippen LogP contribution in [0.15, 0.2) is 42.9 Å². The number of piperidine rings is 1. The number of fused-ring (bicyclic) bond motifs is 1. The second-order valence-electron chi connectivity index (χ2n) is 6.71. The van der Waals surface area contributed by atoms with Gasteiger partial charge in [0.2, 0.25) is 0 Å². The van der Waals surface area contributed by atoms with E-state index in [0.717, 1.165) is 55.2 Å². The Hall–Kier alpha value is -2.64. The second kappa shape index (κ2) is 7.31. The highest BCUT2D eigenvalue weighted by atomic mass is 16.5. The summed E-state index contributed by atoms with van der Waals surface area (Å²) in [6, 6.07) is 10.3. The number of nitrogens with two attached hydrogens (primary N) is 1. The van der Waals surface area contributed by atoms with Crippen LogP contribution in [-0.2, 0) is 6.54 Å². The van der Waals surface area contributed by atoms with E-state index >= 15 is 0 Å². The summed E-state index contributed by atoms with van der Waals surface area (Å²) >= 11 is 0. The first-order chi connectivity index (χ1) is 12.7. The summed E-state index contributed by atoms with van der Waals surface area (Å²) in [5.41, 5.74) is 9.17. The lowest BCUT2D eigenvalue weighted by molar-refractivity contribution is 0.206. The molecule has 0 spiro atoms. The van der Waals surface area contributed by atoms with E-state index in [1.807, 2.05) is 35.0 Å². The molecule has 0 amide bonds. The molecule has 0 aliphatic carbocycles. The molecular formula is C19H24N6O. The number of methoxy groups -OCH3 is 1. The number of anilines is 2. The highest BCUT2D eigenvalue weighted by Gasteiger charge is 2.18. The molecular weight excluding hydrogens is 328 g/mol. The molecule has 1 aliphatic heterocycles. The predicted molar refractivity (Wildman–Crippen MR) is 102 cm³/mol. The van der Waals surface area contributed by atoms with Crippen molar-refractivity contribution in [2.45, 2.75) is 25.4 Å². The van der Waals surface area contributed by atoms with Crippen molar-refractivity contribution in [2.24, 2.45) is 5.73 Å². The fourth-order valence-electron chi connectivity index (χ4n) is 3.43. The highest BCUT2D eigenvalue weighted by Crippen LogP contribution is 2.26. The van der Waals surface area contributed by atoms with Gasteiger partial charge >= 0.3 is 0 Å². The minimum Gasteiger partial charge on any atom is -0.497 e. The molecule has 0 atom stereocenters. The lowest BCUT2D eigenvalue weighted by Gasteiger charge is -2.29. The van der Waals surface area contributed by atoms with Gasteiger partial charge in [0.1, 0.15) is 17.6 Å². The fourth-order valence-corrected chi connectivity index (χ4v) is 3.43. The average molecular weight is 352 g/mol. The molecule has 136 valence electrons. The third kappa shape index (κ3) is 3.49. The molecule has 0 radical (unpaired) electrons. The van der Waals surface area contributed by atoms with E-state index in [4.69, 9.17) is 10.5 Å². The van der Waals surface area contributed by atoms with Crippen molar-refractivity contribution in [1.82, 2.24) is 19.5 Å². The number of rotatable bonds is 5. The largest absolute Gasteiger partial charge is 0.497 e. The predicted octanol–water partition coefficient (Wildman–Crippen LogP) is 2.40. The summed E-state index contributed by atoms with van der Waals surface area (Å²) in [7, 11) is 1.66. The van der Waals surface area contributed by atoms with Crippen LogP contribution >= 0.6 is 0 Å². The molecule has 1 fully saturated rings. The molecule has 0 saturated carbocycles. The van der Waals surface area contributed by atoms with E-state index in [1.165, 1.54) is 5.56 Å². The molecule has 1 aromatic carbocycles. The van der Waals surface area contributed by atoms with Crippen molar-refractivity contribution in [1.29, 1.82) is 0 Å². The summed E-state index contributed by atoms with van der Waals surface area (Å²) < 4.78 is 7.18. The number of benzene rings is 1. The van der Waals surface area contributed by atoms with Gasteiger partial charge in [-0.05, 0) is 49.7 Å². The molecule has 3 aromatic rings. The van der Waals surface area contributed by atoms with Gasteiger partial charge in [-0.15, -0.1) is 0 Å². The van der Waals surface area contributed by atoms with Crippen LogP contribution < -0.4 is 15.8 Å². The second-order valence-corrected chi connectivity index (χ2v) is 6.71. The molecule has 0 unspecified atom stereocenters. The smallest absolute Gasteiger partial charge is 0.158 e. The number of nitrogens with one attached hydrogen (secondary N) is 1. The highest BCUT2D eigenvalue weighted by molar-refractivity contribution is 5.76. The normalized spacial score (nSPS) is 16.1. The monoisotopic (exact) mass is 352 g/mol. The maximum absolute atomic E-state index is 6.02. The molecule has 7 heteroatoms. The van der Waals surface area contributed by atoms with Crippen LogP contribution in [-0.4, -0.2) is 45.7 Å². The Balaban J connectivity index is 1.61. The molecule has 7 nitrogen and oxygen atoms in total. The quantitative estimate of drug-likeness (QED) is 0.734. The lowest BCUT2D eigenvalue weighted by atomic mass is 10.1. The molecule has 0 bridgehead atoms. The maximum Gasteiger partial charge on any atom is 0.158 e. The molecule has 26 heavy (non-hydrogen) atoms. The van der Waals surface area contributed by atoms with Crippen molar-refractivity contribution in [2.75, 3.05) is 25.5 Å². The first-order valence-corrected chi connectivity index (χ1v) is 8.93. The number of nitrogens with zero attached hydrogens (tertiary/aromatic N) is 4. The van der Waals surface area contributed by atoms with Gasteiger partial charge in [0.15, 0.2) is 5.82 Å². The Labute approximate surface area is 152 Å². The number of hydrogen-bond acceptors (Lipinski definition) is 6. The minimum absolute atomic E-state index is 0.339. The summed E-state index contributed by atoms with van der Waals surface area (Å²) in [6.45, 7) is 2.94. The molecule has 2 aromatic heterocycles. The van der Waals surface area contributed by atoms with Crippen LogP contribution in [0, 0.1) is 0 Å². The van der Waals surface area contributed by atoms with Gasteiger partial charge in [-0.2, -0.15) is 5.10 Å². The summed E-state index contributed by atoms with van der Waals surface area (Å²) in [6.07, 6.45) is 5.66. The van der Waals surface area contributed by atoms with Gasteiger partial charge in [-0.3, -0.25) is 4.90 Å². The third-order valence-corrected chi connectivity index (χ3v) is 4.90. The fraction of sp³-hybridized carbons (Fsp3) is 0.368. The standard InChI is InChI=1S/C19H24N6O/c1-26-17-4-2-3-16(11-17)23-19-18-14(5-10-25(18)22-13-21-19)12-24-8-6-15(20)7-9-24/h2-5,10-11,13,15H,6-9,12,20H2,1H3,(H,21,22,23). The Morgan fingerprint density at radius 3 is 2.92 bits per heavy atom. The first-order valence-electron chi connectivity index (χ1n) is 8.93. The minimum atomic E-state index is 0.339. The van der Waals surface area contributed by atoms with Gasteiger partial charge in [-0.1, -0.05) is 6.07 Å². The zero-order chi connectivity index (χ0) is 17.9. The lowest BCUT2D eigenvalue weighted by Crippen LogP contribution is -2.39. The van der Waals surface area contributed by atoms with Crippen LogP contribution in [0.1, 0.15) is 18.4 Å². The molecule has 3 N–H and O–H groups in total. The van der Waals surface area contributed by atoms with Crippen molar-refractivity contribution in [3.8, 4) is 5.75 Å². The number of likely N-dealkylation sites (tertiary alicyclic amines) is 1. The molecule has 3 heterocycles. The van der Waals surface area contributed by atoms with E-state index < -0.39 is 0 Å². The molecule has 1 aliphatic rings. The van der Waals surface area contributed by atoms with Gasteiger partial charge < -0.3 is 15.8 Å². The number of hydrogen-bond donors (Lipinski definition) is 2. The van der Waals surface area contributed by atoms with E-state index in [1.54, 1.807) is 13.4 Å². The first kappa shape index (κ1) is 16.8. The zero-order valence-electron chi connectivity index (χ0n) is 14.9. The summed E-state index contributed by atoms with van der Waals surface area (Å²) in [5, 5.41) is 7.75. The van der Waals surface area contributed by atoms with Crippen LogP contribution in [0.3, 0.4) is 0 Å². The molecule has 4 rings (SSSR count). The average Bonchev–Trinajstić information content (AvgIpc) is 3.08. The Morgan fingerprint density at radius 2 is 2.12 bits per heavy atom. The van der Waals surface area contributed by atoms with Crippen molar-refractivity contribution < 1.29 is 4.74 Å². The topological polar surface area (TPSA) is 80.7 Å². The Bertz CT molecular complexity index is 885. The van der Waals surface area contributed by atoms with Crippen LogP contribution in [0.2, 0.25) is 0 Å². The van der Waals surface area contributed by atoms with E-state index in [0.29, 0.717) is 6.04 Å². The molecule has 1 saturated heterocycles. The summed E-state index contributed by atoms with van der Waals surface area (Å²) in [5.74, 6) is 1.60. The van der Waals surface area contributed by atoms with E-state index in [-0.39, 0.29) is 0 Å². The van der Waals surface area contributed by atoms with Crippen molar-refractivity contribution >= 4 is 17.0 Å². The van der Waals surface area contributed by atoms with Gasteiger partial charge in [-0.25, -0.2) is 9.50 Å². The summed E-state index contributed by atoms with van der Waals surface area (Å²) in [4.78, 5) is 6.92. The van der Waals surface area contributed by atoms with Gasteiger partial charge in [0.25, 0.3) is 0 Å². The Morgan fingerprint density at radius 1 is 1.27 bits per heavy atom. The van der Waals surface area contributed by atoms with Crippen molar-refractivity contribution in [3.63, 3.8) is 0 Å². The van der Waals surface area contributed by atoms with Crippen LogP contribution in [0.5, 0.6) is 5.75 Å². The van der Waals surface area contributed by atoms with E-state index in [9.17, 15) is 0 Å². The third-order valence-electron chi connectivity index (χ3n) is 4.90. The number of aromatic nitrogens is 3. The van der Waals surface area contributed by atoms with Crippen LogP contribution in [0.4, 0.5) is 11.5 Å². The SMILES string of the molecule is COc1cccc(Nc2ncnn3ccc(CN4CCC(N)CC4)c23)c1. The van der Waals surface area contributed by atoms with E-state index in [2.05, 4.69) is 26.4 Å². The van der Waals surface area contributed by atoms with Gasteiger partial charge in [0, 0.05) is 30.5 Å². The van der Waals surface area contributed by atoms with Crippen LogP contribution in [0.25, 0.3) is 5.52 Å². The number of ether oxygens (including phenoxy) is 1. The Kier molecular flexibility index (Phi) is 4.73. The maximum atomic E-state index is 6.02. The van der Waals surface area contributed by atoms with Crippen molar-refractivity contribution in [3.05, 3.63) is 48.4 Å². The van der Waals surface area contributed by atoms with Gasteiger partial charge in [0.05, 0.1) is 7.11 Å². The zero-order valence-corrected chi connectivity index (χ0v) is 14.9.